The molecule has 1 aromatic heterocycles. The van der Waals surface area contributed by atoms with Crippen molar-refractivity contribution in [2.75, 3.05) is 0 Å². The zero-order chi connectivity index (χ0) is 22.6. The van der Waals surface area contributed by atoms with Crippen molar-refractivity contribution in [3.63, 3.8) is 0 Å². The first kappa shape index (κ1) is 22.7. The molecular formula is C25H26N4O3. The Bertz CT molecular complexity index is 1010. The van der Waals surface area contributed by atoms with Crippen molar-refractivity contribution in [3.8, 4) is 0 Å². The minimum Gasteiger partial charge on any atom is -0.465 e. The highest BCUT2D eigenvalue weighted by atomic mass is 16.4. The van der Waals surface area contributed by atoms with Gasteiger partial charge in [0, 0.05) is 24.9 Å². The normalized spacial score (nSPS) is 12.8. The Labute approximate surface area is 187 Å². The molecule has 0 fully saturated rings. The summed E-state index contributed by atoms with van der Waals surface area (Å²) in [6.07, 6.45) is 7.31. The molecule has 1 heterocycles. The van der Waals surface area contributed by atoms with Gasteiger partial charge in [-0.2, -0.15) is 0 Å². The number of aryl methyl sites for hydroxylation is 1. The lowest BCUT2D eigenvalue weighted by Gasteiger charge is -2.21. The van der Waals surface area contributed by atoms with E-state index in [0.29, 0.717) is 12.2 Å². The minimum atomic E-state index is -1.24. The van der Waals surface area contributed by atoms with E-state index in [1.165, 1.54) is 0 Å². The molecule has 164 valence electrons. The Morgan fingerprint density at radius 2 is 1.50 bits per heavy atom. The summed E-state index contributed by atoms with van der Waals surface area (Å²) in [7, 11) is 0. The molecule has 3 rings (SSSR count). The van der Waals surface area contributed by atoms with E-state index < -0.39 is 12.1 Å². The third kappa shape index (κ3) is 7.68. The number of carboxylic acid groups (broad SMARTS) is 1. The van der Waals surface area contributed by atoms with E-state index in [2.05, 4.69) is 20.6 Å². The lowest BCUT2D eigenvalue weighted by atomic mass is 10.0. The average Bonchev–Trinajstić information content (AvgIpc) is 2.82. The Hall–Kier alpha value is -4.00. The number of hydrogen-bond acceptors (Lipinski definition) is 4. The van der Waals surface area contributed by atoms with Gasteiger partial charge in [-0.25, -0.2) is 14.8 Å². The molecule has 0 aliphatic rings. The van der Waals surface area contributed by atoms with Crippen LogP contribution in [0.3, 0.4) is 0 Å². The second kappa shape index (κ2) is 12.0. The number of hydrogen-bond donors (Lipinski definition) is 3. The molecule has 0 bridgehead atoms. The minimum absolute atomic E-state index is 0.260. The van der Waals surface area contributed by atoms with E-state index in [0.717, 1.165) is 17.5 Å². The standard InChI is InChI=1S/C25H26N4O3/c30-24(22(29-25(31)32)18-20-10-5-2-6-11-20)28-21(13-12-19-8-3-1-4-9-19)14-15-23-26-16-7-17-27-23/h1-11,14-17,21-22,29H,12-13,18H2,(H,28,30)(H,31,32)/b15-14+/t21-,22-/m0/s1. The maximum atomic E-state index is 13.0. The molecule has 2 amide bonds. The molecule has 2 atom stereocenters. The molecule has 0 radical (unpaired) electrons. The number of aromatic nitrogens is 2. The highest BCUT2D eigenvalue weighted by Gasteiger charge is 2.23. The third-order valence-electron chi connectivity index (χ3n) is 4.87. The molecule has 0 aliphatic heterocycles. The Morgan fingerprint density at radius 1 is 0.875 bits per heavy atom. The maximum absolute atomic E-state index is 13.0. The van der Waals surface area contributed by atoms with Crippen LogP contribution >= 0.6 is 0 Å². The van der Waals surface area contributed by atoms with E-state index in [1.54, 1.807) is 24.5 Å². The summed E-state index contributed by atoms with van der Waals surface area (Å²) in [5.41, 5.74) is 2.02. The molecule has 0 saturated carbocycles. The van der Waals surface area contributed by atoms with Gasteiger partial charge in [-0.3, -0.25) is 4.79 Å². The molecule has 3 aromatic rings. The first-order valence-corrected chi connectivity index (χ1v) is 10.4. The predicted octanol–water partition coefficient (Wildman–Crippen LogP) is 3.49. The number of amides is 2. The molecule has 3 N–H and O–H groups in total. The quantitative estimate of drug-likeness (QED) is 0.457. The van der Waals surface area contributed by atoms with Crippen LogP contribution < -0.4 is 10.6 Å². The van der Waals surface area contributed by atoms with Gasteiger partial charge in [0.15, 0.2) is 5.82 Å². The molecule has 7 nitrogen and oxygen atoms in total. The molecule has 0 unspecified atom stereocenters. The monoisotopic (exact) mass is 430 g/mol. The van der Waals surface area contributed by atoms with Crippen LogP contribution in [0.1, 0.15) is 23.4 Å². The van der Waals surface area contributed by atoms with Crippen molar-refractivity contribution in [2.45, 2.75) is 31.3 Å². The fourth-order valence-corrected chi connectivity index (χ4v) is 3.27. The maximum Gasteiger partial charge on any atom is 0.405 e. The highest BCUT2D eigenvalue weighted by Crippen LogP contribution is 2.09. The van der Waals surface area contributed by atoms with Crippen molar-refractivity contribution in [1.82, 2.24) is 20.6 Å². The van der Waals surface area contributed by atoms with Gasteiger partial charge in [0.25, 0.3) is 0 Å². The van der Waals surface area contributed by atoms with Crippen LogP contribution in [-0.4, -0.2) is 39.2 Å². The first-order valence-electron chi connectivity index (χ1n) is 10.4. The fraction of sp³-hybridized carbons (Fsp3) is 0.200. The predicted molar refractivity (Wildman–Crippen MR) is 123 cm³/mol. The SMILES string of the molecule is O=C(O)N[C@@H](Cc1ccccc1)C(=O)N[C@H](/C=C/c1ncccn1)CCc1ccccc1. The Kier molecular flexibility index (Phi) is 8.50. The Morgan fingerprint density at radius 3 is 2.12 bits per heavy atom. The van der Waals surface area contributed by atoms with Gasteiger partial charge >= 0.3 is 6.09 Å². The van der Waals surface area contributed by atoms with E-state index in [9.17, 15) is 14.7 Å². The topological polar surface area (TPSA) is 104 Å². The van der Waals surface area contributed by atoms with Crippen molar-refractivity contribution in [2.24, 2.45) is 0 Å². The smallest absolute Gasteiger partial charge is 0.405 e. The van der Waals surface area contributed by atoms with Crippen molar-refractivity contribution >= 4 is 18.1 Å². The number of nitrogens with zero attached hydrogens (tertiary/aromatic N) is 2. The molecule has 0 spiro atoms. The zero-order valence-electron chi connectivity index (χ0n) is 17.6. The molecule has 32 heavy (non-hydrogen) atoms. The number of rotatable bonds is 10. The van der Waals surface area contributed by atoms with Crippen LogP contribution in [0.5, 0.6) is 0 Å². The second-order valence-corrected chi connectivity index (χ2v) is 7.30. The summed E-state index contributed by atoms with van der Waals surface area (Å²) < 4.78 is 0. The van der Waals surface area contributed by atoms with Gasteiger partial charge < -0.3 is 15.7 Å². The lowest BCUT2D eigenvalue weighted by molar-refractivity contribution is -0.123. The fourth-order valence-electron chi connectivity index (χ4n) is 3.27. The lowest BCUT2D eigenvalue weighted by Crippen LogP contribution is -2.50. The van der Waals surface area contributed by atoms with Crippen molar-refractivity contribution < 1.29 is 14.7 Å². The van der Waals surface area contributed by atoms with Crippen LogP contribution in [0, 0.1) is 0 Å². The number of carbonyl (C=O) groups is 2. The van der Waals surface area contributed by atoms with Gasteiger partial charge in [0.1, 0.15) is 6.04 Å². The summed E-state index contributed by atoms with van der Waals surface area (Å²) >= 11 is 0. The summed E-state index contributed by atoms with van der Waals surface area (Å²) in [5.74, 6) is 0.156. The molecule has 2 aromatic carbocycles. The van der Waals surface area contributed by atoms with Crippen molar-refractivity contribution in [3.05, 3.63) is 102 Å². The van der Waals surface area contributed by atoms with Gasteiger partial charge in [0.05, 0.1) is 0 Å². The molecule has 0 aliphatic carbocycles. The zero-order valence-corrected chi connectivity index (χ0v) is 17.6. The molecule has 7 heteroatoms. The van der Waals surface area contributed by atoms with E-state index in [4.69, 9.17) is 0 Å². The first-order chi connectivity index (χ1) is 15.6. The summed E-state index contributed by atoms with van der Waals surface area (Å²) in [5, 5.41) is 14.5. The number of carbonyl (C=O) groups excluding carboxylic acids is 1. The van der Waals surface area contributed by atoms with Gasteiger partial charge in [-0.1, -0.05) is 66.7 Å². The summed E-state index contributed by atoms with van der Waals surface area (Å²) in [4.78, 5) is 32.7. The van der Waals surface area contributed by atoms with Crippen LogP contribution in [0.4, 0.5) is 4.79 Å². The van der Waals surface area contributed by atoms with Crippen LogP contribution in [0.25, 0.3) is 6.08 Å². The molecular weight excluding hydrogens is 404 g/mol. The van der Waals surface area contributed by atoms with Gasteiger partial charge in [-0.15, -0.1) is 0 Å². The number of nitrogens with one attached hydrogen (secondary N) is 2. The van der Waals surface area contributed by atoms with Gasteiger partial charge in [-0.05, 0) is 36.1 Å². The largest absolute Gasteiger partial charge is 0.465 e. The highest BCUT2D eigenvalue weighted by molar-refractivity contribution is 5.86. The molecule has 0 saturated heterocycles. The average molecular weight is 431 g/mol. The van der Waals surface area contributed by atoms with Crippen molar-refractivity contribution in [1.29, 1.82) is 0 Å². The third-order valence-corrected chi connectivity index (χ3v) is 4.87. The van der Waals surface area contributed by atoms with Crippen LogP contribution in [-0.2, 0) is 17.6 Å². The van der Waals surface area contributed by atoms with E-state index >= 15 is 0 Å². The van der Waals surface area contributed by atoms with E-state index in [1.807, 2.05) is 66.7 Å². The number of benzene rings is 2. The van der Waals surface area contributed by atoms with Crippen LogP contribution in [0.15, 0.2) is 85.2 Å². The van der Waals surface area contributed by atoms with Crippen LogP contribution in [0.2, 0.25) is 0 Å². The van der Waals surface area contributed by atoms with Gasteiger partial charge in [0.2, 0.25) is 5.91 Å². The second-order valence-electron chi connectivity index (χ2n) is 7.30. The summed E-state index contributed by atoms with van der Waals surface area (Å²) in [6.45, 7) is 0. The Balaban J connectivity index is 1.72. The van der Waals surface area contributed by atoms with E-state index in [-0.39, 0.29) is 18.4 Å². The summed E-state index contributed by atoms with van der Waals surface area (Å²) in [6, 6.07) is 19.8.